The molecule has 1 saturated heterocycles. The van der Waals surface area contributed by atoms with Crippen LogP contribution in [0.2, 0.25) is 0 Å². The summed E-state index contributed by atoms with van der Waals surface area (Å²) < 4.78 is 0. The molecule has 1 aromatic carbocycles. The molecule has 3 rings (SSSR count). The van der Waals surface area contributed by atoms with Crippen LogP contribution in [0.25, 0.3) is 11.0 Å². The van der Waals surface area contributed by atoms with Crippen LogP contribution in [0.1, 0.15) is 29.6 Å². The van der Waals surface area contributed by atoms with Crippen molar-refractivity contribution in [3.8, 4) is 0 Å². The zero-order valence-corrected chi connectivity index (χ0v) is 10.5. The van der Waals surface area contributed by atoms with Gasteiger partial charge in [-0.25, -0.2) is 9.78 Å². The Morgan fingerprint density at radius 1 is 1.16 bits per heavy atom. The first-order chi connectivity index (χ1) is 9.24. The third-order valence-electron chi connectivity index (χ3n) is 3.46. The summed E-state index contributed by atoms with van der Waals surface area (Å²) in [5, 5.41) is 8.95. The Balaban J connectivity index is 1.97. The number of piperidine rings is 1. The topological polar surface area (TPSA) is 66.3 Å². The second-order valence-electron chi connectivity index (χ2n) is 4.78. The predicted molar refractivity (Wildman–Crippen MR) is 72.6 cm³/mol. The summed E-state index contributed by atoms with van der Waals surface area (Å²) in [4.78, 5) is 22.0. The lowest BCUT2D eigenvalue weighted by molar-refractivity contribution is 0.0697. The van der Waals surface area contributed by atoms with Gasteiger partial charge in [-0.3, -0.25) is 4.98 Å². The van der Waals surface area contributed by atoms with Gasteiger partial charge in [0.2, 0.25) is 0 Å². The van der Waals surface area contributed by atoms with Crippen molar-refractivity contribution in [2.75, 3.05) is 18.0 Å². The maximum Gasteiger partial charge on any atom is 0.335 e. The highest BCUT2D eigenvalue weighted by Gasteiger charge is 2.13. The number of aromatic carboxylic acids is 1. The molecule has 2 heterocycles. The quantitative estimate of drug-likeness (QED) is 0.894. The molecule has 0 bridgehead atoms. The van der Waals surface area contributed by atoms with Crippen LogP contribution < -0.4 is 4.90 Å². The number of benzene rings is 1. The largest absolute Gasteiger partial charge is 0.478 e. The number of carbonyl (C=O) groups is 1. The highest BCUT2D eigenvalue weighted by atomic mass is 16.4. The second-order valence-corrected chi connectivity index (χ2v) is 4.78. The summed E-state index contributed by atoms with van der Waals surface area (Å²) in [5.74, 6) is -0.0564. The third kappa shape index (κ3) is 2.36. The Labute approximate surface area is 110 Å². The number of aromatic nitrogens is 2. The van der Waals surface area contributed by atoms with E-state index in [1.54, 1.807) is 24.4 Å². The maximum atomic E-state index is 10.9. The Bertz CT molecular complexity index is 621. The van der Waals surface area contributed by atoms with Crippen LogP contribution in [0.4, 0.5) is 5.82 Å². The van der Waals surface area contributed by atoms with Crippen molar-refractivity contribution in [3.63, 3.8) is 0 Å². The zero-order valence-electron chi connectivity index (χ0n) is 10.5. The number of carboxylic acids is 1. The molecule has 5 heteroatoms. The number of anilines is 1. The molecule has 1 aliphatic rings. The van der Waals surface area contributed by atoms with E-state index in [0.717, 1.165) is 24.4 Å². The van der Waals surface area contributed by atoms with Gasteiger partial charge in [0.15, 0.2) is 0 Å². The van der Waals surface area contributed by atoms with Gasteiger partial charge < -0.3 is 10.0 Å². The molecule has 1 aliphatic heterocycles. The van der Waals surface area contributed by atoms with Crippen LogP contribution >= 0.6 is 0 Å². The molecular weight excluding hydrogens is 242 g/mol. The van der Waals surface area contributed by atoms with E-state index in [9.17, 15) is 4.79 Å². The fourth-order valence-electron chi connectivity index (χ4n) is 2.41. The number of fused-ring (bicyclic) bond motifs is 1. The van der Waals surface area contributed by atoms with Crippen LogP contribution in [-0.4, -0.2) is 34.1 Å². The molecule has 0 saturated carbocycles. The van der Waals surface area contributed by atoms with Crippen molar-refractivity contribution in [2.45, 2.75) is 19.3 Å². The average molecular weight is 257 g/mol. The summed E-state index contributed by atoms with van der Waals surface area (Å²) in [5.41, 5.74) is 1.61. The summed E-state index contributed by atoms with van der Waals surface area (Å²) >= 11 is 0. The van der Waals surface area contributed by atoms with E-state index < -0.39 is 5.97 Å². The minimum absolute atomic E-state index is 0.243. The molecule has 0 atom stereocenters. The molecule has 5 nitrogen and oxygen atoms in total. The van der Waals surface area contributed by atoms with Gasteiger partial charge in [0, 0.05) is 13.1 Å². The van der Waals surface area contributed by atoms with Gasteiger partial charge in [-0.05, 0) is 37.5 Å². The Morgan fingerprint density at radius 3 is 2.68 bits per heavy atom. The van der Waals surface area contributed by atoms with Crippen molar-refractivity contribution < 1.29 is 9.90 Å². The lowest BCUT2D eigenvalue weighted by Crippen LogP contribution is -2.30. The zero-order chi connectivity index (χ0) is 13.2. The molecule has 0 spiro atoms. The van der Waals surface area contributed by atoms with Gasteiger partial charge in [0.25, 0.3) is 0 Å². The molecule has 1 fully saturated rings. The first-order valence-electron chi connectivity index (χ1n) is 6.49. The normalized spacial score (nSPS) is 15.7. The summed E-state index contributed by atoms with van der Waals surface area (Å²) in [7, 11) is 0. The number of carboxylic acid groups (broad SMARTS) is 1. The molecule has 98 valence electrons. The standard InChI is InChI=1S/C14H15N3O2/c18-14(19)10-4-5-11-12(8-10)15-9-13(16-11)17-6-2-1-3-7-17/h4-5,8-9H,1-3,6-7H2,(H,18,19). The molecule has 1 aromatic heterocycles. The summed E-state index contributed by atoms with van der Waals surface area (Å²) in [6.07, 6.45) is 5.40. The summed E-state index contributed by atoms with van der Waals surface area (Å²) in [6, 6.07) is 4.85. The third-order valence-corrected chi connectivity index (χ3v) is 3.46. The van der Waals surface area contributed by atoms with Crippen molar-refractivity contribution in [1.29, 1.82) is 0 Å². The lowest BCUT2D eigenvalue weighted by Gasteiger charge is -2.27. The van der Waals surface area contributed by atoms with Crippen molar-refractivity contribution in [2.24, 2.45) is 0 Å². The van der Waals surface area contributed by atoms with E-state index in [4.69, 9.17) is 5.11 Å². The number of nitrogens with zero attached hydrogens (tertiary/aromatic N) is 3. The van der Waals surface area contributed by atoms with Gasteiger partial charge in [-0.15, -0.1) is 0 Å². The van der Waals surface area contributed by atoms with Crippen molar-refractivity contribution in [3.05, 3.63) is 30.0 Å². The average Bonchev–Trinajstić information content (AvgIpc) is 2.47. The number of hydrogen-bond donors (Lipinski definition) is 1. The molecule has 0 aliphatic carbocycles. The molecule has 19 heavy (non-hydrogen) atoms. The van der Waals surface area contributed by atoms with E-state index >= 15 is 0 Å². The summed E-state index contributed by atoms with van der Waals surface area (Å²) in [6.45, 7) is 2.04. The Morgan fingerprint density at radius 2 is 1.95 bits per heavy atom. The highest BCUT2D eigenvalue weighted by molar-refractivity contribution is 5.92. The first-order valence-corrected chi connectivity index (χ1v) is 6.49. The van der Waals surface area contributed by atoms with Gasteiger partial charge in [0.05, 0.1) is 22.8 Å². The van der Waals surface area contributed by atoms with Gasteiger partial charge >= 0.3 is 5.97 Å². The Hall–Kier alpha value is -2.17. The minimum atomic E-state index is -0.941. The molecule has 0 unspecified atom stereocenters. The van der Waals surface area contributed by atoms with Gasteiger partial charge in [-0.2, -0.15) is 0 Å². The van der Waals surface area contributed by atoms with E-state index in [-0.39, 0.29) is 5.56 Å². The second kappa shape index (κ2) is 4.84. The van der Waals surface area contributed by atoms with Crippen molar-refractivity contribution in [1.82, 2.24) is 9.97 Å². The van der Waals surface area contributed by atoms with Crippen LogP contribution in [0.3, 0.4) is 0 Å². The van der Waals surface area contributed by atoms with Crippen LogP contribution in [0.15, 0.2) is 24.4 Å². The number of rotatable bonds is 2. The minimum Gasteiger partial charge on any atom is -0.478 e. The van der Waals surface area contributed by atoms with E-state index in [1.807, 2.05) is 0 Å². The monoisotopic (exact) mass is 257 g/mol. The van der Waals surface area contributed by atoms with E-state index in [2.05, 4.69) is 14.9 Å². The van der Waals surface area contributed by atoms with E-state index in [0.29, 0.717) is 5.52 Å². The molecule has 2 aromatic rings. The SMILES string of the molecule is O=C(O)c1ccc2nc(N3CCCCC3)cnc2c1. The molecule has 0 radical (unpaired) electrons. The molecule has 1 N–H and O–H groups in total. The maximum absolute atomic E-state index is 10.9. The number of hydrogen-bond acceptors (Lipinski definition) is 4. The molecule has 0 amide bonds. The smallest absolute Gasteiger partial charge is 0.335 e. The lowest BCUT2D eigenvalue weighted by atomic mass is 10.1. The Kier molecular flexibility index (Phi) is 3.03. The van der Waals surface area contributed by atoms with Crippen molar-refractivity contribution >= 4 is 22.8 Å². The van der Waals surface area contributed by atoms with Gasteiger partial charge in [0.1, 0.15) is 5.82 Å². The van der Waals surface area contributed by atoms with Crippen LogP contribution in [0.5, 0.6) is 0 Å². The predicted octanol–water partition coefficient (Wildman–Crippen LogP) is 2.32. The first kappa shape index (κ1) is 11.9. The highest BCUT2D eigenvalue weighted by Crippen LogP contribution is 2.20. The fourth-order valence-corrected chi connectivity index (χ4v) is 2.41. The van der Waals surface area contributed by atoms with E-state index in [1.165, 1.54) is 19.3 Å². The van der Waals surface area contributed by atoms with Crippen LogP contribution in [0, 0.1) is 0 Å². The van der Waals surface area contributed by atoms with Crippen LogP contribution in [-0.2, 0) is 0 Å². The molecular formula is C14H15N3O2. The fraction of sp³-hybridized carbons (Fsp3) is 0.357. The van der Waals surface area contributed by atoms with Gasteiger partial charge in [-0.1, -0.05) is 0 Å².